The molecular formula is C26H29N5O3. The molecule has 176 valence electrons. The summed E-state index contributed by atoms with van der Waals surface area (Å²) in [7, 11) is 0. The second-order valence-corrected chi connectivity index (χ2v) is 9.43. The van der Waals surface area contributed by atoms with Crippen molar-refractivity contribution >= 4 is 16.7 Å². The largest absolute Gasteiger partial charge is 0.491 e. The lowest BCUT2D eigenvalue weighted by Gasteiger charge is -2.33. The maximum absolute atomic E-state index is 6.16. The third kappa shape index (κ3) is 4.50. The van der Waals surface area contributed by atoms with Gasteiger partial charge in [-0.1, -0.05) is 6.08 Å². The van der Waals surface area contributed by atoms with Gasteiger partial charge in [0.05, 0.1) is 17.8 Å². The van der Waals surface area contributed by atoms with Crippen molar-refractivity contribution in [3.05, 3.63) is 54.6 Å². The van der Waals surface area contributed by atoms with Crippen molar-refractivity contribution < 1.29 is 14.2 Å². The first-order valence-electron chi connectivity index (χ1n) is 12.0. The minimum atomic E-state index is -0.0277. The molecule has 6 rings (SSSR count). The fraction of sp³-hybridized carbons (Fsp3) is 0.423. The van der Waals surface area contributed by atoms with E-state index in [0.717, 1.165) is 71.8 Å². The molecule has 1 saturated heterocycles. The van der Waals surface area contributed by atoms with Gasteiger partial charge in [-0.05, 0) is 63.0 Å². The Labute approximate surface area is 198 Å². The number of ether oxygens (including phenoxy) is 3. The third-order valence-corrected chi connectivity index (χ3v) is 6.61. The maximum Gasteiger partial charge on any atom is 0.132 e. The first kappa shape index (κ1) is 21.2. The molecule has 34 heavy (non-hydrogen) atoms. The highest BCUT2D eigenvalue weighted by Crippen LogP contribution is 2.40. The van der Waals surface area contributed by atoms with Gasteiger partial charge in [-0.25, -0.2) is 9.97 Å². The number of fused-ring (bicyclic) bond motifs is 1. The predicted molar refractivity (Wildman–Crippen MR) is 130 cm³/mol. The second kappa shape index (κ2) is 8.76. The van der Waals surface area contributed by atoms with Crippen LogP contribution >= 0.6 is 0 Å². The van der Waals surface area contributed by atoms with E-state index in [2.05, 4.69) is 50.2 Å². The molecule has 3 aliphatic rings. The van der Waals surface area contributed by atoms with Crippen LogP contribution in [0.1, 0.15) is 32.6 Å². The van der Waals surface area contributed by atoms with Gasteiger partial charge in [-0.15, -0.1) is 0 Å². The number of aromatic nitrogens is 4. The molecule has 3 aromatic rings. The molecule has 0 spiro atoms. The van der Waals surface area contributed by atoms with Gasteiger partial charge in [0.25, 0.3) is 0 Å². The van der Waals surface area contributed by atoms with E-state index < -0.39 is 0 Å². The van der Waals surface area contributed by atoms with Crippen molar-refractivity contribution in [2.75, 3.05) is 31.2 Å². The van der Waals surface area contributed by atoms with Crippen molar-refractivity contribution in [3.63, 3.8) is 0 Å². The first-order chi connectivity index (χ1) is 16.7. The zero-order valence-corrected chi connectivity index (χ0v) is 19.4. The first-order valence-corrected chi connectivity index (χ1v) is 12.0. The van der Waals surface area contributed by atoms with Crippen molar-refractivity contribution in [2.45, 2.75) is 44.3 Å². The van der Waals surface area contributed by atoms with E-state index in [4.69, 9.17) is 14.2 Å². The summed E-state index contributed by atoms with van der Waals surface area (Å²) in [5, 5.41) is 8.67. The number of hydrogen-bond acceptors (Lipinski definition) is 7. The Kier molecular flexibility index (Phi) is 5.45. The molecule has 8 heteroatoms. The monoisotopic (exact) mass is 459 g/mol. The number of morpholine rings is 1. The van der Waals surface area contributed by atoms with Gasteiger partial charge in [0.15, 0.2) is 0 Å². The van der Waals surface area contributed by atoms with E-state index >= 15 is 0 Å². The second-order valence-electron chi connectivity index (χ2n) is 9.43. The van der Waals surface area contributed by atoms with Crippen LogP contribution in [0.25, 0.3) is 22.3 Å². The Morgan fingerprint density at radius 1 is 1.21 bits per heavy atom. The lowest BCUT2D eigenvalue weighted by molar-refractivity contribution is -0.00504. The number of allylic oxidation sites excluding steroid dienone is 3. The number of anilines is 1. The summed E-state index contributed by atoms with van der Waals surface area (Å²) in [5.74, 6) is 2.66. The molecule has 0 radical (unpaired) electrons. The van der Waals surface area contributed by atoms with Gasteiger partial charge >= 0.3 is 0 Å². The molecule has 1 aliphatic heterocycles. The van der Waals surface area contributed by atoms with Gasteiger partial charge in [0.1, 0.15) is 47.7 Å². The van der Waals surface area contributed by atoms with Gasteiger partial charge in [-0.2, -0.15) is 5.10 Å². The van der Waals surface area contributed by atoms with E-state index in [9.17, 15) is 0 Å². The van der Waals surface area contributed by atoms with Crippen molar-refractivity contribution in [1.82, 2.24) is 20.2 Å². The number of nitrogens with one attached hydrogen (secondary N) is 1. The highest BCUT2D eigenvalue weighted by Gasteiger charge is 2.40. The molecule has 0 amide bonds. The molecule has 1 unspecified atom stereocenters. The summed E-state index contributed by atoms with van der Waals surface area (Å²) in [6.07, 6.45) is 12.2. The van der Waals surface area contributed by atoms with Crippen molar-refractivity contribution in [2.24, 2.45) is 0 Å². The van der Waals surface area contributed by atoms with Crippen LogP contribution in [-0.2, 0) is 9.47 Å². The zero-order valence-electron chi connectivity index (χ0n) is 19.4. The smallest absolute Gasteiger partial charge is 0.132 e. The molecule has 2 aromatic heterocycles. The average molecular weight is 460 g/mol. The molecular weight excluding hydrogens is 430 g/mol. The fourth-order valence-electron chi connectivity index (χ4n) is 4.38. The van der Waals surface area contributed by atoms with Gasteiger partial charge < -0.3 is 19.1 Å². The molecule has 2 aliphatic carbocycles. The Bertz CT molecular complexity index is 1250. The Balaban J connectivity index is 1.19. The SMILES string of the molecule is CC1(Oc2ccc3[nH]nc(-c4cc(N5CCOC(COC6=CCCC=C6)C5)ncn4)c3c2)CC1. The minimum absolute atomic E-state index is 0.0156. The normalized spacial score (nSPS) is 21.4. The lowest BCUT2D eigenvalue weighted by Crippen LogP contribution is -2.44. The number of benzene rings is 1. The summed E-state index contributed by atoms with van der Waals surface area (Å²) in [6.45, 7) is 4.79. The Morgan fingerprint density at radius 3 is 3.00 bits per heavy atom. The van der Waals surface area contributed by atoms with E-state index in [0.29, 0.717) is 19.8 Å². The van der Waals surface area contributed by atoms with Crippen LogP contribution in [0.3, 0.4) is 0 Å². The molecule has 1 saturated carbocycles. The number of H-pyrrole nitrogens is 1. The predicted octanol–water partition coefficient (Wildman–Crippen LogP) is 4.41. The lowest BCUT2D eigenvalue weighted by atomic mass is 10.1. The van der Waals surface area contributed by atoms with E-state index in [1.165, 1.54) is 0 Å². The average Bonchev–Trinajstić information content (AvgIpc) is 3.45. The standard InChI is InChI=1S/C26H29N5O3/c1-26(9-10-26)34-19-7-8-22-21(13-19)25(30-29-22)23-14-24(28-17-27-23)31-11-12-32-20(15-31)16-33-18-5-3-2-4-6-18/h3,5-8,13-14,17,20H,2,4,9-12,15-16H2,1H3,(H,29,30). The van der Waals surface area contributed by atoms with Crippen LogP contribution in [0, 0.1) is 0 Å². The molecule has 3 heterocycles. The highest BCUT2D eigenvalue weighted by molar-refractivity contribution is 5.93. The minimum Gasteiger partial charge on any atom is -0.491 e. The summed E-state index contributed by atoms with van der Waals surface area (Å²) >= 11 is 0. The van der Waals surface area contributed by atoms with Gasteiger partial charge in [-0.3, -0.25) is 5.10 Å². The molecule has 2 fully saturated rings. The third-order valence-electron chi connectivity index (χ3n) is 6.61. The van der Waals surface area contributed by atoms with Crippen LogP contribution in [0.2, 0.25) is 0 Å². The maximum atomic E-state index is 6.16. The number of nitrogens with zero attached hydrogens (tertiary/aromatic N) is 4. The summed E-state index contributed by atoms with van der Waals surface area (Å²) in [5.41, 5.74) is 2.51. The Hall–Kier alpha value is -3.39. The molecule has 0 bridgehead atoms. The van der Waals surface area contributed by atoms with Gasteiger partial charge in [0.2, 0.25) is 0 Å². The van der Waals surface area contributed by atoms with Crippen LogP contribution in [0.4, 0.5) is 5.82 Å². The number of aromatic amines is 1. The zero-order chi connectivity index (χ0) is 23.0. The molecule has 1 aromatic carbocycles. The van der Waals surface area contributed by atoms with Crippen LogP contribution in [0.5, 0.6) is 5.75 Å². The topological polar surface area (TPSA) is 85.4 Å². The van der Waals surface area contributed by atoms with E-state index in [-0.39, 0.29) is 11.7 Å². The highest BCUT2D eigenvalue weighted by atomic mass is 16.5. The van der Waals surface area contributed by atoms with Crippen molar-refractivity contribution in [3.8, 4) is 17.1 Å². The molecule has 1 N–H and O–H groups in total. The fourth-order valence-corrected chi connectivity index (χ4v) is 4.38. The Morgan fingerprint density at radius 2 is 2.15 bits per heavy atom. The number of hydrogen-bond donors (Lipinski definition) is 1. The van der Waals surface area contributed by atoms with Crippen LogP contribution in [0.15, 0.2) is 54.6 Å². The molecule has 1 atom stereocenters. The molecule has 8 nitrogen and oxygen atoms in total. The quantitative estimate of drug-likeness (QED) is 0.560. The summed E-state index contributed by atoms with van der Waals surface area (Å²) < 4.78 is 18.1. The van der Waals surface area contributed by atoms with E-state index in [1.54, 1.807) is 6.33 Å². The summed E-state index contributed by atoms with van der Waals surface area (Å²) in [4.78, 5) is 11.3. The van der Waals surface area contributed by atoms with Gasteiger partial charge in [0, 0.05) is 24.5 Å². The summed E-state index contributed by atoms with van der Waals surface area (Å²) in [6, 6.07) is 8.06. The van der Waals surface area contributed by atoms with Crippen LogP contribution in [-0.4, -0.2) is 58.2 Å². The number of rotatable bonds is 7. The van der Waals surface area contributed by atoms with E-state index in [1.807, 2.05) is 24.3 Å². The van der Waals surface area contributed by atoms with Crippen molar-refractivity contribution in [1.29, 1.82) is 0 Å². The van der Waals surface area contributed by atoms with Crippen LogP contribution < -0.4 is 9.64 Å².